The molecule has 0 bridgehead atoms. The number of para-hydroxylation sites is 2. The number of hydrogen-bond donors (Lipinski definition) is 2. The fourth-order valence-electron chi connectivity index (χ4n) is 3.74. The van der Waals surface area contributed by atoms with Crippen LogP contribution >= 0.6 is 11.3 Å². The van der Waals surface area contributed by atoms with Gasteiger partial charge in [-0.1, -0.05) is 44.2 Å². The molecule has 1 aromatic heterocycles. The second-order valence-corrected chi connectivity index (χ2v) is 9.09. The molecule has 31 heavy (non-hydrogen) atoms. The third-order valence-electron chi connectivity index (χ3n) is 5.58. The number of fused-ring (bicyclic) bond motifs is 1. The minimum atomic E-state index is -0.141. The molecule has 0 amide bonds. The zero-order valence-electron chi connectivity index (χ0n) is 18.4. The van der Waals surface area contributed by atoms with E-state index in [4.69, 9.17) is 15.2 Å². The van der Waals surface area contributed by atoms with E-state index in [1.54, 1.807) is 11.3 Å². The summed E-state index contributed by atoms with van der Waals surface area (Å²) in [6.45, 7) is 3.38. The van der Waals surface area contributed by atoms with Gasteiger partial charge in [-0.25, -0.2) is 0 Å². The Kier molecular flexibility index (Phi) is 10.4. The van der Waals surface area contributed by atoms with Crippen molar-refractivity contribution in [2.45, 2.75) is 63.9 Å². The largest absolute Gasteiger partial charge is 0.485 e. The average molecular weight is 445 g/mol. The van der Waals surface area contributed by atoms with Crippen molar-refractivity contribution in [3.63, 3.8) is 0 Å². The van der Waals surface area contributed by atoms with Crippen LogP contribution in [0.4, 0.5) is 0 Å². The summed E-state index contributed by atoms with van der Waals surface area (Å²) in [5.41, 5.74) is 6.29. The Bertz CT molecular complexity index is 793. The molecule has 1 unspecified atom stereocenters. The van der Waals surface area contributed by atoms with Gasteiger partial charge in [0, 0.05) is 22.2 Å². The predicted molar refractivity (Wildman–Crippen MR) is 127 cm³/mol. The van der Waals surface area contributed by atoms with Crippen molar-refractivity contribution in [2.75, 3.05) is 26.2 Å². The summed E-state index contributed by atoms with van der Waals surface area (Å²) in [6.07, 6.45) is 9.94. The number of thiophene rings is 1. The first-order valence-electron chi connectivity index (χ1n) is 11.7. The van der Waals surface area contributed by atoms with Crippen molar-refractivity contribution < 1.29 is 14.3 Å². The summed E-state index contributed by atoms with van der Waals surface area (Å²) in [4.78, 5) is 13.6. The fraction of sp³-hybridized carbons (Fsp3) is 0.560. The molecule has 170 valence electrons. The monoisotopic (exact) mass is 444 g/mol. The lowest BCUT2D eigenvalue weighted by molar-refractivity contribution is 0.0933. The normalized spacial score (nSPS) is 15.2. The summed E-state index contributed by atoms with van der Waals surface area (Å²) in [5, 5.41) is 5.38. The van der Waals surface area contributed by atoms with Crippen LogP contribution in [0.3, 0.4) is 0 Å². The molecule has 0 radical (unpaired) electrons. The Morgan fingerprint density at radius 1 is 1.00 bits per heavy atom. The van der Waals surface area contributed by atoms with E-state index in [1.165, 1.54) is 32.1 Å². The predicted octanol–water partition coefficient (Wildman–Crippen LogP) is 5.50. The molecule has 3 N–H and O–H groups in total. The number of unbranched alkanes of at least 4 members (excludes halogenated alkanes) is 6. The van der Waals surface area contributed by atoms with Crippen molar-refractivity contribution in [1.29, 1.82) is 0 Å². The van der Waals surface area contributed by atoms with Gasteiger partial charge in [0.1, 0.15) is 6.61 Å². The molecule has 0 fully saturated rings. The van der Waals surface area contributed by atoms with Crippen LogP contribution in [-0.4, -0.2) is 32.0 Å². The maximum absolute atomic E-state index is 12.5. The molecular formula is C25H36N2O3S. The van der Waals surface area contributed by atoms with Gasteiger partial charge in [-0.15, -0.1) is 11.3 Å². The van der Waals surface area contributed by atoms with E-state index < -0.39 is 0 Å². The third kappa shape index (κ3) is 7.95. The van der Waals surface area contributed by atoms with Gasteiger partial charge in [0.15, 0.2) is 23.4 Å². The van der Waals surface area contributed by atoms with Gasteiger partial charge in [-0.05, 0) is 57.1 Å². The Morgan fingerprint density at radius 3 is 2.52 bits per heavy atom. The molecule has 0 spiro atoms. The minimum Gasteiger partial charge on any atom is -0.485 e. The molecule has 2 aromatic rings. The number of Topliss-reactive ketones (excluding diaryl/α,β-unsaturated/α-hetero) is 1. The molecule has 5 nitrogen and oxygen atoms in total. The highest BCUT2D eigenvalue weighted by molar-refractivity contribution is 7.10. The second kappa shape index (κ2) is 13.5. The van der Waals surface area contributed by atoms with Crippen LogP contribution in [0.15, 0.2) is 35.7 Å². The van der Waals surface area contributed by atoms with Crippen LogP contribution in [0.5, 0.6) is 11.5 Å². The van der Waals surface area contributed by atoms with Crippen molar-refractivity contribution >= 4 is 17.1 Å². The Balaban J connectivity index is 1.26. The maximum Gasteiger partial charge on any atom is 0.167 e. The first-order valence-corrected chi connectivity index (χ1v) is 12.6. The van der Waals surface area contributed by atoms with Crippen LogP contribution in [0.2, 0.25) is 0 Å². The Hall–Kier alpha value is -1.89. The van der Waals surface area contributed by atoms with Crippen LogP contribution in [0.1, 0.15) is 79.1 Å². The van der Waals surface area contributed by atoms with E-state index in [2.05, 4.69) is 5.32 Å². The average Bonchev–Trinajstić information content (AvgIpc) is 3.30. The number of benzene rings is 1. The van der Waals surface area contributed by atoms with Crippen LogP contribution in [0.25, 0.3) is 0 Å². The highest BCUT2D eigenvalue weighted by Gasteiger charge is 2.24. The summed E-state index contributed by atoms with van der Waals surface area (Å²) >= 11 is 1.58. The summed E-state index contributed by atoms with van der Waals surface area (Å²) in [7, 11) is 0. The van der Waals surface area contributed by atoms with Crippen LogP contribution in [-0.2, 0) is 0 Å². The van der Waals surface area contributed by atoms with E-state index in [0.717, 1.165) is 60.8 Å². The van der Waals surface area contributed by atoms with E-state index >= 15 is 0 Å². The number of carbonyl (C=O) groups excluding carboxylic acids is 1. The molecule has 2 heterocycles. The molecule has 1 atom stereocenters. The first-order chi connectivity index (χ1) is 15.3. The van der Waals surface area contributed by atoms with Gasteiger partial charge in [-0.3, -0.25) is 4.79 Å². The van der Waals surface area contributed by atoms with Crippen LogP contribution in [0, 0.1) is 0 Å². The maximum atomic E-state index is 12.5. The van der Waals surface area contributed by atoms with E-state index in [1.807, 2.05) is 35.7 Å². The standard InChI is InChI=1S/C25H36N2O3S/c26-14-10-16-27-15-9-5-3-1-2-4-6-11-21(28)20-17-25(31-19-20)24-18-29-22-12-7-8-13-23(22)30-24/h7-8,12-13,17,19,24,27H,1-6,9-11,14-16,18,26H2. The minimum absolute atomic E-state index is 0.141. The molecule has 1 aliphatic rings. The van der Waals surface area contributed by atoms with Crippen molar-refractivity contribution in [3.05, 3.63) is 46.2 Å². The van der Waals surface area contributed by atoms with Gasteiger partial charge < -0.3 is 20.5 Å². The quantitative estimate of drug-likeness (QED) is 0.280. The van der Waals surface area contributed by atoms with Gasteiger partial charge in [0.05, 0.1) is 0 Å². The molecule has 1 aromatic carbocycles. The SMILES string of the molecule is NCCCNCCCCCCCCCC(=O)c1csc(C2COc3ccccc3O2)c1. The molecule has 3 rings (SSSR count). The molecule has 1 aliphatic heterocycles. The van der Waals surface area contributed by atoms with Gasteiger partial charge in [-0.2, -0.15) is 0 Å². The number of nitrogens with one attached hydrogen (secondary N) is 1. The number of nitrogens with two attached hydrogens (primary N) is 1. The number of ketones is 1. The lowest BCUT2D eigenvalue weighted by Gasteiger charge is -2.25. The number of ether oxygens (including phenoxy) is 2. The smallest absolute Gasteiger partial charge is 0.167 e. The lowest BCUT2D eigenvalue weighted by atomic mass is 10.0. The topological polar surface area (TPSA) is 73.6 Å². The highest BCUT2D eigenvalue weighted by atomic mass is 32.1. The van der Waals surface area contributed by atoms with Gasteiger partial charge in [0.25, 0.3) is 0 Å². The number of carbonyl (C=O) groups is 1. The lowest BCUT2D eigenvalue weighted by Crippen LogP contribution is -2.20. The van der Waals surface area contributed by atoms with Crippen molar-refractivity contribution in [1.82, 2.24) is 5.32 Å². The van der Waals surface area contributed by atoms with Crippen LogP contribution < -0.4 is 20.5 Å². The Labute approximate surface area is 190 Å². The molecule has 6 heteroatoms. The van der Waals surface area contributed by atoms with E-state index in [9.17, 15) is 4.79 Å². The molecule has 0 saturated heterocycles. The highest BCUT2D eigenvalue weighted by Crippen LogP contribution is 2.37. The van der Waals surface area contributed by atoms with Gasteiger partial charge in [0.2, 0.25) is 0 Å². The summed E-state index contributed by atoms with van der Waals surface area (Å²) in [6, 6.07) is 9.69. The summed E-state index contributed by atoms with van der Waals surface area (Å²) in [5.74, 6) is 1.79. The first kappa shape index (κ1) is 23.8. The Morgan fingerprint density at radius 2 is 1.71 bits per heavy atom. The zero-order valence-corrected chi connectivity index (χ0v) is 19.3. The molecule has 0 aliphatic carbocycles. The van der Waals surface area contributed by atoms with E-state index in [-0.39, 0.29) is 11.9 Å². The third-order valence-corrected chi connectivity index (χ3v) is 6.61. The van der Waals surface area contributed by atoms with E-state index in [0.29, 0.717) is 13.0 Å². The van der Waals surface area contributed by atoms with Gasteiger partial charge >= 0.3 is 0 Å². The van der Waals surface area contributed by atoms with Crippen molar-refractivity contribution in [2.24, 2.45) is 5.73 Å². The zero-order chi connectivity index (χ0) is 21.7. The molecular weight excluding hydrogens is 408 g/mol. The molecule has 0 saturated carbocycles. The second-order valence-electron chi connectivity index (χ2n) is 8.14. The fourth-order valence-corrected chi connectivity index (χ4v) is 4.67. The summed E-state index contributed by atoms with van der Waals surface area (Å²) < 4.78 is 11.9. The number of rotatable bonds is 15. The number of hydrogen-bond acceptors (Lipinski definition) is 6. The van der Waals surface area contributed by atoms with Crippen molar-refractivity contribution in [3.8, 4) is 11.5 Å².